The Balaban J connectivity index is 2.84. The summed E-state index contributed by atoms with van der Waals surface area (Å²) < 4.78 is 0. The topological polar surface area (TPSA) is 70.2 Å². The minimum atomic E-state index is -0.478. The largest absolute Gasteiger partial charge is 0.298 e. The maximum Gasteiger partial charge on any atom is 0.288 e. The third-order valence-electron chi connectivity index (χ3n) is 2.78. The molecule has 0 aromatic heterocycles. The third kappa shape index (κ3) is 5.16. The molecule has 0 fully saturated rings. The van der Waals surface area contributed by atoms with Gasteiger partial charge in [-0.15, -0.1) is 0 Å². The van der Waals surface area contributed by atoms with Crippen LogP contribution in [0.4, 0.5) is 5.69 Å². The molecule has 0 aliphatic heterocycles. The molecule has 0 radical (unpaired) electrons. The number of nitro benzene ring substituents is 1. The Labute approximate surface area is 123 Å². The predicted octanol–water partition coefficient (Wildman–Crippen LogP) is 3.62. The van der Waals surface area contributed by atoms with Crippen molar-refractivity contribution in [2.45, 2.75) is 26.8 Å². The quantitative estimate of drug-likeness (QED) is 0.569. The molecule has 0 aliphatic rings. The molecule has 5 nitrogen and oxygen atoms in total. The van der Waals surface area contributed by atoms with Gasteiger partial charge in [0.15, 0.2) is 0 Å². The second-order valence-corrected chi connectivity index (χ2v) is 5.49. The highest BCUT2D eigenvalue weighted by Gasteiger charge is 2.15. The van der Waals surface area contributed by atoms with Crippen molar-refractivity contribution < 1.29 is 4.92 Å². The van der Waals surface area contributed by atoms with E-state index in [4.69, 9.17) is 16.9 Å². The van der Waals surface area contributed by atoms with Crippen LogP contribution in [0.5, 0.6) is 0 Å². The van der Waals surface area contributed by atoms with Crippen LogP contribution in [-0.4, -0.2) is 22.9 Å². The van der Waals surface area contributed by atoms with Crippen LogP contribution in [0, 0.1) is 27.4 Å². The van der Waals surface area contributed by atoms with Gasteiger partial charge in [0.1, 0.15) is 5.02 Å². The second kappa shape index (κ2) is 7.83. The van der Waals surface area contributed by atoms with Crippen LogP contribution in [0.1, 0.15) is 25.8 Å². The average Bonchev–Trinajstić information content (AvgIpc) is 2.37. The fraction of sp³-hybridized carbons (Fsp3) is 0.500. The van der Waals surface area contributed by atoms with Gasteiger partial charge in [-0.05, 0) is 17.5 Å². The van der Waals surface area contributed by atoms with Crippen molar-refractivity contribution in [2.24, 2.45) is 5.92 Å². The first-order valence-corrected chi connectivity index (χ1v) is 6.84. The van der Waals surface area contributed by atoms with E-state index in [-0.39, 0.29) is 10.7 Å². The van der Waals surface area contributed by atoms with E-state index in [1.54, 1.807) is 12.1 Å². The van der Waals surface area contributed by atoms with E-state index in [0.29, 0.717) is 25.4 Å². The van der Waals surface area contributed by atoms with E-state index in [1.807, 2.05) is 0 Å². The van der Waals surface area contributed by atoms with E-state index in [1.165, 1.54) is 6.07 Å². The maximum atomic E-state index is 10.9. The molecule has 0 N–H and O–H groups in total. The molecule has 108 valence electrons. The molecular weight excluding hydrogens is 278 g/mol. The van der Waals surface area contributed by atoms with Gasteiger partial charge in [0.05, 0.1) is 11.0 Å². The van der Waals surface area contributed by atoms with Gasteiger partial charge in [-0.3, -0.25) is 15.0 Å². The Morgan fingerprint density at radius 2 is 2.20 bits per heavy atom. The van der Waals surface area contributed by atoms with Crippen molar-refractivity contribution in [3.8, 4) is 6.07 Å². The lowest BCUT2D eigenvalue weighted by Crippen LogP contribution is -2.28. The van der Waals surface area contributed by atoms with Gasteiger partial charge in [-0.25, -0.2) is 0 Å². The highest BCUT2D eigenvalue weighted by atomic mass is 35.5. The maximum absolute atomic E-state index is 10.9. The zero-order valence-electron chi connectivity index (χ0n) is 11.7. The van der Waals surface area contributed by atoms with Crippen LogP contribution in [-0.2, 0) is 6.54 Å². The highest BCUT2D eigenvalue weighted by molar-refractivity contribution is 6.32. The number of halogens is 1. The van der Waals surface area contributed by atoms with Gasteiger partial charge in [-0.2, -0.15) is 5.26 Å². The van der Waals surface area contributed by atoms with E-state index >= 15 is 0 Å². The van der Waals surface area contributed by atoms with Crippen LogP contribution in [0.25, 0.3) is 0 Å². The van der Waals surface area contributed by atoms with Crippen molar-refractivity contribution in [1.82, 2.24) is 4.90 Å². The van der Waals surface area contributed by atoms with Crippen molar-refractivity contribution in [3.63, 3.8) is 0 Å². The van der Waals surface area contributed by atoms with Crippen molar-refractivity contribution in [1.29, 1.82) is 5.26 Å². The summed E-state index contributed by atoms with van der Waals surface area (Å²) in [4.78, 5) is 12.5. The molecule has 0 saturated heterocycles. The van der Waals surface area contributed by atoms with Crippen molar-refractivity contribution >= 4 is 17.3 Å². The lowest BCUT2D eigenvalue weighted by molar-refractivity contribution is -0.384. The Hall–Kier alpha value is -1.64. The smallest absolute Gasteiger partial charge is 0.288 e. The summed E-state index contributed by atoms with van der Waals surface area (Å²) in [6, 6.07) is 6.96. The van der Waals surface area contributed by atoms with Crippen molar-refractivity contribution in [2.75, 3.05) is 13.1 Å². The highest BCUT2D eigenvalue weighted by Crippen LogP contribution is 2.25. The molecule has 0 saturated carbocycles. The van der Waals surface area contributed by atoms with Gasteiger partial charge in [0.2, 0.25) is 0 Å². The number of hydrogen-bond acceptors (Lipinski definition) is 4. The predicted molar refractivity (Wildman–Crippen MR) is 78.5 cm³/mol. The molecule has 0 amide bonds. The number of nitriles is 1. The summed E-state index contributed by atoms with van der Waals surface area (Å²) in [5.74, 6) is 0.468. The first-order valence-electron chi connectivity index (χ1n) is 6.46. The van der Waals surface area contributed by atoms with Gasteiger partial charge < -0.3 is 0 Å². The zero-order valence-corrected chi connectivity index (χ0v) is 12.4. The van der Waals surface area contributed by atoms with Crippen molar-refractivity contribution in [3.05, 3.63) is 38.9 Å². The fourth-order valence-electron chi connectivity index (χ4n) is 2.01. The third-order valence-corrected chi connectivity index (χ3v) is 3.10. The van der Waals surface area contributed by atoms with Gasteiger partial charge in [0, 0.05) is 32.1 Å². The van der Waals surface area contributed by atoms with E-state index in [9.17, 15) is 10.1 Å². The van der Waals surface area contributed by atoms with E-state index in [0.717, 1.165) is 12.1 Å². The Bertz CT molecular complexity index is 512. The number of nitrogens with zero attached hydrogens (tertiary/aromatic N) is 3. The molecule has 1 aromatic rings. The molecule has 1 rings (SSSR count). The van der Waals surface area contributed by atoms with Gasteiger partial charge >= 0.3 is 0 Å². The summed E-state index contributed by atoms with van der Waals surface area (Å²) >= 11 is 5.80. The zero-order chi connectivity index (χ0) is 15.1. The normalized spacial score (nSPS) is 10.8. The average molecular weight is 296 g/mol. The molecule has 0 heterocycles. The fourth-order valence-corrected chi connectivity index (χ4v) is 2.20. The monoisotopic (exact) mass is 295 g/mol. The summed E-state index contributed by atoms with van der Waals surface area (Å²) in [6.07, 6.45) is 0.447. The molecule has 0 unspecified atom stereocenters. The molecule has 0 aliphatic carbocycles. The summed E-state index contributed by atoms with van der Waals surface area (Å²) in [5.41, 5.74) is 0.758. The standard InChI is InChI=1S/C14H18ClN3O2/c1-11(2)9-17(7-3-6-16)10-12-4-5-13(15)14(8-12)18(19)20/h4-5,8,11H,3,7,9-10H2,1-2H3. The molecule has 6 heteroatoms. The number of nitro groups is 1. The van der Waals surface area contributed by atoms with Crippen LogP contribution in [0.2, 0.25) is 5.02 Å². The molecule has 20 heavy (non-hydrogen) atoms. The van der Waals surface area contributed by atoms with Gasteiger partial charge in [0.25, 0.3) is 5.69 Å². The SMILES string of the molecule is CC(C)CN(CCC#N)Cc1ccc(Cl)c([N+](=O)[O-])c1. The summed E-state index contributed by atoms with van der Waals surface area (Å²) in [7, 11) is 0. The first-order chi connectivity index (χ1) is 9.43. The Morgan fingerprint density at radius 1 is 1.50 bits per heavy atom. The number of benzene rings is 1. The molecule has 0 bridgehead atoms. The molecule has 0 spiro atoms. The molecule has 1 aromatic carbocycles. The van der Waals surface area contributed by atoms with Crippen LogP contribution >= 0.6 is 11.6 Å². The molecular formula is C14H18ClN3O2. The molecule has 0 atom stereocenters. The van der Waals surface area contributed by atoms with Crippen LogP contribution in [0.15, 0.2) is 18.2 Å². The van der Waals surface area contributed by atoms with E-state index in [2.05, 4.69) is 24.8 Å². The van der Waals surface area contributed by atoms with Crippen LogP contribution < -0.4 is 0 Å². The number of rotatable bonds is 7. The minimum absolute atomic E-state index is 0.0750. The van der Waals surface area contributed by atoms with Gasteiger partial charge in [-0.1, -0.05) is 31.5 Å². The summed E-state index contributed by atoms with van der Waals surface area (Å²) in [5, 5.41) is 19.7. The Morgan fingerprint density at radius 3 is 2.75 bits per heavy atom. The first kappa shape index (κ1) is 16.4. The van der Waals surface area contributed by atoms with Crippen LogP contribution in [0.3, 0.4) is 0 Å². The number of hydrogen-bond donors (Lipinski definition) is 0. The minimum Gasteiger partial charge on any atom is -0.298 e. The lowest BCUT2D eigenvalue weighted by Gasteiger charge is -2.23. The lowest BCUT2D eigenvalue weighted by atomic mass is 10.1. The Kier molecular flexibility index (Phi) is 6.43. The summed E-state index contributed by atoms with van der Waals surface area (Å²) in [6.45, 7) is 6.29. The second-order valence-electron chi connectivity index (χ2n) is 5.08. The van der Waals surface area contributed by atoms with E-state index < -0.39 is 4.92 Å².